The van der Waals surface area contributed by atoms with Crippen LogP contribution in [0.2, 0.25) is 0 Å². The average Bonchev–Trinajstić information content (AvgIpc) is 2.99. The molecule has 0 bridgehead atoms. The molecule has 4 nitrogen and oxygen atoms in total. The number of ether oxygens (including phenoxy) is 1. The van der Waals surface area contributed by atoms with Crippen molar-refractivity contribution >= 4 is 5.78 Å². The lowest BCUT2D eigenvalue weighted by molar-refractivity contribution is -0.0498. The van der Waals surface area contributed by atoms with E-state index in [2.05, 4.69) is 28.6 Å². The Hall–Kier alpha value is -3.02. The van der Waals surface area contributed by atoms with Crippen molar-refractivity contribution < 1.29 is 18.3 Å². The predicted molar refractivity (Wildman–Crippen MR) is 106 cm³/mol. The number of aromatic nitrogens is 2. The number of nitrogens with one attached hydrogen (secondary N) is 1. The Bertz CT molecular complexity index is 1040. The molecular formula is C23H22F2N2O2. The van der Waals surface area contributed by atoms with Crippen LogP contribution in [0.15, 0.2) is 48.8 Å². The van der Waals surface area contributed by atoms with E-state index >= 15 is 0 Å². The molecule has 2 heterocycles. The van der Waals surface area contributed by atoms with E-state index in [1.807, 2.05) is 18.2 Å². The first-order valence-electron chi connectivity index (χ1n) is 9.53. The van der Waals surface area contributed by atoms with Crippen molar-refractivity contribution in [1.29, 1.82) is 0 Å². The van der Waals surface area contributed by atoms with E-state index < -0.39 is 6.61 Å². The van der Waals surface area contributed by atoms with Crippen LogP contribution in [-0.4, -0.2) is 22.4 Å². The summed E-state index contributed by atoms with van der Waals surface area (Å²) in [6.07, 6.45) is 5.12. The van der Waals surface area contributed by atoms with Crippen LogP contribution in [-0.2, 0) is 12.8 Å². The largest absolute Gasteiger partial charge is 0.435 e. The van der Waals surface area contributed by atoms with Gasteiger partial charge in [-0.2, -0.15) is 8.78 Å². The number of Topliss-reactive ketones (excluding diaryl/α,β-unsaturated/α-hetero) is 1. The minimum Gasteiger partial charge on any atom is -0.435 e. The Morgan fingerprint density at radius 2 is 1.93 bits per heavy atom. The van der Waals surface area contributed by atoms with Gasteiger partial charge in [0.1, 0.15) is 5.75 Å². The SMILES string of the molecule is CC1(C)CC(=O)c2c([nH]c(-c3ccncc3)c2Cc2cccc(OC(F)F)c2)C1. The van der Waals surface area contributed by atoms with Gasteiger partial charge in [-0.15, -0.1) is 0 Å². The van der Waals surface area contributed by atoms with E-state index in [9.17, 15) is 13.6 Å². The summed E-state index contributed by atoms with van der Waals surface area (Å²) < 4.78 is 29.7. The summed E-state index contributed by atoms with van der Waals surface area (Å²) in [6.45, 7) is 1.30. The zero-order chi connectivity index (χ0) is 20.6. The Balaban J connectivity index is 1.80. The lowest BCUT2D eigenvalue weighted by atomic mass is 9.75. The summed E-state index contributed by atoms with van der Waals surface area (Å²) in [5, 5.41) is 0. The zero-order valence-electron chi connectivity index (χ0n) is 16.3. The van der Waals surface area contributed by atoms with E-state index in [4.69, 9.17) is 0 Å². The van der Waals surface area contributed by atoms with Crippen LogP contribution in [0, 0.1) is 5.41 Å². The number of ketones is 1. The summed E-state index contributed by atoms with van der Waals surface area (Å²) >= 11 is 0. The van der Waals surface area contributed by atoms with Crippen molar-refractivity contribution in [3.63, 3.8) is 0 Å². The standard InChI is InChI=1S/C23H22F2N2O2/c1-23(2)12-18-20(19(28)13-23)17(21(27-18)15-6-8-26-9-7-15)11-14-4-3-5-16(10-14)29-22(24)25/h3-10,22,27H,11-13H2,1-2H3. The average molecular weight is 396 g/mol. The van der Waals surface area contributed by atoms with E-state index in [0.717, 1.165) is 40.1 Å². The van der Waals surface area contributed by atoms with Gasteiger partial charge in [0.2, 0.25) is 0 Å². The van der Waals surface area contributed by atoms with Crippen molar-refractivity contribution in [2.75, 3.05) is 0 Å². The highest BCUT2D eigenvalue weighted by Gasteiger charge is 2.35. The second-order valence-corrected chi connectivity index (χ2v) is 8.21. The van der Waals surface area contributed by atoms with Crippen molar-refractivity contribution in [3.8, 4) is 17.0 Å². The number of aromatic amines is 1. The molecule has 0 saturated carbocycles. The van der Waals surface area contributed by atoms with Crippen LogP contribution in [0.1, 0.15) is 47.4 Å². The molecule has 1 N–H and O–H groups in total. The van der Waals surface area contributed by atoms with Crippen molar-refractivity contribution in [2.45, 2.75) is 39.7 Å². The number of hydrogen-bond donors (Lipinski definition) is 1. The Morgan fingerprint density at radius 1 is 1.17 bits per heavy atom. The molecule has 0 radical (unpaired) electrons. The summed E-state index contributed by atoms with van der Waals surface area (Å²) in [6, 6.07) is 10.4. The molecule has 0 unspecified atom stereocenters. The van der Waals surface area contributed by atoms with Crippen LogP contribution >= 0.6 is 0 Å². The van der Waals surface area contributed by atoms with Gasteiger partial charge in [0.15, 0.2) is 5.78 Å². The summed E-state index contributed by atoms with van der Waals surface area (Å²) in [5.74, 6) is 0.225. The lowest BCUT2D eigenvalue weighted by Crippen LogP contribution is -2.27. The second-order valence-electron chi connectivity index (χ2n) is 8.21. The van der Waals surface area contributed by atoms with Gasteiger partial charge in [0, 0.05) is 42.1 Å². The number of hydrogen-bond acceptors (Lipinski definition) is 3. The first kappa shape index (κ1) is 19.3. The monoisotopic (exact) mass is 396 g/mol. The van der Waals surface area contributed by atoms with Gasteiger partial charge in [-0.05, 0) is 47.2 Å². The van der Waals surface area contributed by atoms with Gasteiger partial charge >= 0.3 is 6.61 Å². The number of fused-ring (bicyclic) bond motifs is 1. The fourth-order valence-electron chi connectivity index (χ4n) is 4.11. The van der Waals surface area contributed by atoms with Gasteiger partial charge in [0.25, 0.3) is 0 Å². The van der Waals surface area contributed by atoms with Crippen molar-refractivity contribution in [3.05, 3.63) is 71.2 Å². The summed E-state index contributed by atoms with van der Waals surface area (Å²) in [5.41, 5.74) is 5.08. The molecule has 0 spiro atoms. The summed E-state index contributed by atoms with van der Waals surface area (Å²) in [7, 11) is 0. The molecular weight excluding hydrogens is 374 g/mol. The van der Waals surface area contributed by atoms with Crippen LogP contribution in [0.25, 0.3) is 11.3 Å². The van der Waals surface area contributed by atoms with Crippen LogP contribution in [0.4, 0.5) is 8.78 Å². The quantitative estimate of drug-likeness (QED) is 0.626. The zero-order valence-corrected chi connectivity index (χ0v) is 16.3. The molecule has 3 aromatic rings. The highest BCUT2D eigenvalue weighted by Crippen LogP contribution is 2.40. The third-order valence-corrected chi connectivity index (χ3v) is 5.23. The van der Waals surface area contributed by atoms with E-state index in [1.165, 1.54) is 6.07 Å². The minimum atomic E-state index is -2.87. The lowest BCUT2D eigenvalue weighted by Gasteiger charge is -2.28. The number of nitrogens with zero attached hydrogens (tertiary/aromatic N) is 1. The first-order chi connectivity index (χ1) is 13.8. The molecule has 2 aromatic heterocycles. The van der Waals surface area contributed by atoms with Gasteiger partial charge in [0.05, 0.1) is 5.69 Å². The Kier molecular flexibility index (Phi) is 4.94. The number of rotatable bonds is 5. The second kappa shape index (κ2) is 7.43. The van der Waals surface area contributed by atoms with E-state index in [0.29, 0.717) is 12.8 Å². The fraction of sp³-hybridized carbons (Fsp3) is 0.304. The smallest absolute Gasteiger partial charge is 0.387 e. The fourth-order valence-corrected chi connectivity index (χ4v) is 4.11. The van der Waals surface area contributed by atoms with Gasteiger partial charge < -0.3 is 9.72 Å². The van der Waals surface area contributed by atoms with Crippen molar-refractivity contribution in [1.82, 2.24) is 9.97 Å². The number of alkyl halides is 2. The Morgan fingerprint density at radius 3 is 2.66 bits per heavy atom. The normalized spacial score (nSPS) is 15.4. The third-order valence-electron chi connectivity index (χ3n) is 5.23. The molecule has 1 aliphatic rings. The molecule has 0 amide bonds. The van der Waals surface area contributed by atoms with E-state index in [-0.39, 0.29) is 16.9 Å². The molecule has 29 heavy (non-hydrogen) atoms. The molecule has 1 aromatic carbocycles. The third kappa shape index (κ3) is 4.06. The number of carbonyl (C=O) groups excluding carboxylic acids is 1. The highest BCUT2D eigenvalue weighted by molar-refractivity contribution is 6.02. The van der Waals surface area contributed by atoms with Gasteiger partial charge in [-0.3, -0.25) is 9.78 Å². The van der Waals surface area contributed by atoms with E-state index in [1.54, 1.807) is 24.5 Å². The molecule has 4 rings (SSSR count). The number of halogens is 2. The minimum absolute atomic E-state index is 0.104. The van der Waals surface area contributed by atoms with Crippen LogP contribution in [0.3, 0.4) is 0 Å². The molecule has 1 aliphatic carbocycles. The van der Waals surface area contributed by atoms with Gasteiger partial charge in [-0.25, -0.2) is 0 Å². The first-order valence-corrected chi connectivity index (χ1v) is 9.53. The number of H-pyrrole nitrogens is 1. The summed E-state index contributed by atoms with van der Waals surface area (Å²) in [4.78, 5) is 20.6. The molecule has 6 heteroatoms. The number of carbonyl (C=O) groups is 1. The van der Waals surface area contributed by atoms with Crippen LogP contribution in [0.5, 0.6) is 5.75 Å². The molecule has 0 atom stereocenters. The maximum atomic E-state index is 13.0. The molecule has 150 valence electrons. The molecule has 0 aliphatic heterocycles. The molecule has 0 fully saturated rings. The maximum absolute atomic E-state index is 13.0. The number of benzene rings is 1. The molecule has 0 saturated heterocycles. The predicted octanol–water partition coefficient (Wildman–Crippen LogP) is 5.42. The highest BCUT2D eigenvalue weighted by atomic mass is 19.3. The Labute approximate surface area is 167 Å². The number of pyridine rings is 1. The van der Waals surface area contributed by atoms with Crippen molar-refractivity contribution in [2.24, 2.45) is 5.41 Å². The maximum Gasteiger partial charge on any atom is 0.387 e. The van der Waals surface area contributed by atoms with Gasteiger partial charge in [-0.1, -0.05) is 26.0 Å². The van der Waals surface area contributed by atoms with Crippen LogP contribution < -0.4 is 4.74 Å². The topological polar surface area (TPSA) is 55.0 Å².